The van der Waals surface area contributed by atoms with Crippen LogP contribution in [0, 0.1) is 68.1 Å². The molecule has 4 rings (SSSR count). The Hall–Kier alpha value is -8.99. The summed E-state index contributed by atoms with van der Waals surface area (Å²) in [6, 6.07) is 0.909. The van der Waals surface area contributed by atoms with Gasteiger partial charge < -0.3 is 82.9 Å². The van der Waals surface area contributed by atoms with E-state index in [0.29, 0.717) is 36.9 Å². The minimum Gasteiger partial charge on any atom is -0.481 e. The van der Waals surface area contributed by atoms with Gasteiger partial charge in [0, 0.05) is 84.2 Å². The molecule has 102 heavy (non-hydrogen) atoms. The second-order valence-corrected chi connectivity index (χ2v) is 25.2. The van der Waals surface area contributed by atoms with Crippen LogP contribution in [-0.2, 0) is 90.6 Å². The van der Waals surface area contributed by atoms with E-state index in [1.54, 1.807) is 90.2 Å². The number of amides is 4. The minimum absolute atomic E-state index is 0.00463. The topological polar surface area (TPSA) is 483 Å². The van der Waals surface area contributed by atoms with Crippen LogP contribution in [0.25, 0.3) is 0 Å². The lowest BCUT2D eigenvalue weighted by Crippen LogP contribution is -2.49. The zero-order valence-corrected chi connectivity index (χ0v) is 62.7. The van der Waals surface area contributed by atoms with E-state index in [9.17, 15) is 67.1 Å². The average molecular weight is 1450 g/mol. The molecule has 0 radical (unpaired) electrons. The number of epoxide rings is 1. The predicted molar refractivity (Wildman–Crippen MR) is 361 cm³/mol. The van der Waals surface area contributed by atoms with Crippen molar-refractivity contribution in [3.8, 4) is 0 Å². The minimum atomic E-state index is -1.07. The molecule has 0 spiro atoms. The Bertz CT molecular complexity index is 3160. The molecule has 1 aliphatic heterocycles. The highest BCUT2D eigenvalue weighted by molar-refractivity contribution is 6.00. The van der Waals surface area contributed by atoms with Crippen molar-refractivity contribution >= 4 is 82.4 Å². The van der Waals surface area contributed by atoms with Crippen molar-refractivity contribution in [3.63, 3.8) is 0 Å². The van der Waals surface area contributed by atoms with Gasteiger partial charge in [-0.3, -0.25) is 67.1 Å². The van der Waals surface area contributed by atoms with Crippen LogP contribution < -0.4 is 21.3 Å². The molecule has 6 N–H and O–H groups in total. The Morgan fingerprint density at radius 2 is 0.745 bits per heavy atom. The fraction of sp³-hybridized carbons (Fsp3) is 0.662. The second kappa shape index (κ2) is 49.6. The third-order valence-corrected chi connectivity index (χ3v) is 14.3. The largest absolute Gasteiger partial charge is 0.481 e. The maximum atomic E-state index is 12.8. The van der Waals surface area contributed by atoms with Crippen LogP contribution in [-0.4, -0.2) is 221 Å². The molecule has 0 bridgehead atoms. The highest BCUT2D eigenvalue weighted by atomic mass is 16.6. The molecule has 0 aliphatic carbocycles. The maximum Gasteiger partial charge on any atom is 0.308 e. The first-order chi connectivity index (χ1) is 47.5. The van der Waals surface area contributed by atoms with Gasteiger partial charge in [0.2, 0.25) is 5.91 Å². The number of carbonyl (C=O) groups is 14. The quantitative estimate of drug-likeness (QED) is 0.0259. The zero-order chi connectivity index (χ0) is 78.9. The molecule has 576 valence electrons. The number of hydrogen-bond donors (Lipinski definition) is 6. The summed E-state index contributed by atoms with van der Waals surface area (Å²) in [5.74, 6) is -7.42. The maximum absolute atomic E-state index is 12.8. The van der Waals surface area contributed by atoms with E-state index in [0.717, 1.165) is 0 Å². The number of ether oxygens (including phenoxy) is 8. The molecule has 1 fully saturated rings. The Morgan fingerprint density at radius 3 is 0.990 bits per heavy atom. The summed E-state index contributed by atoms with van der Waals surface area (Å²) in [5.41, 5.74) is -0.674. The summed E-state index contributed by atoms with van der Waals surface area (Å²) in [7, 11) is 9.72. The smallest absolute Gasteiger partial charge is 0.308 e. The van der Waals surface area contributed by atoms with Crippen molar-refractivity contribution in [2.24, 2.45) is 47.3 Å². The molecule has 4 amide bonds. The van der Waals surface area contributed by atoms with Gasteiger partial charge in [-0.2, -0.15) is 0 Å². The van der Waals surface area contributed by atoms with Crippen LogP contribution in [0.3, 0.4) is 0 Å². The molecule has 1 aliphatic rings. The number of esters is 3. The number of Topliss-reactive ketones (excluding diaryl/α,β-unsaturated/α-hetero) is 5. The Kier molecular flexibility index (Phi) is 46.2. The lowest BCUT2D eigenvalue weighted by Gasteiger charge is -2.24. The molecule has 0 saturated carbocycles. The molecule has 3 aromatic rings. The number of aliphatic carboxylic acids is 2. The molecule has 0 unspecified atom stereocenters. The van der Waals surface area contributed by atoms with E-state index >= 15 is 0 Å². The van der Waals surface area contributed by atoms with E-state index in [1.807, 2.05) is 13.8 Å². The first-order valence-corrected chi connectivity index (χ1v) is 32.5. The second-order valence-electron chi connectivity index (χ2n) is 25.2. The number of nitrogens with zero attached hydrogens (tertiary/aromatic N) is 3. The number of rotatable bonds is 37. The summed E-state index contributed by atoms with van der Waals surface area (Å²) >= 11 is 0. The number of methoxy groups -OCH3 is 7. The first kappa shape index (κ1) is 95.1. The highest BCUT2D eigenvalue weighted by Crippen LogP contribution is 2.30. The van der Waals surface area contributed by atoms with Gasteiger partial charge in [-0.25, -0.2) is 0 Å². The Balaban J connectivity index is 0. The monoisotopic (exact) mass is 1450 g/mol. The van der Waals surface area contributed by atoms with Gasteiger partial charge >= 0.3 is 29.8 Å². The van der Waals surface area contributed by atoms with Crippen LogP contribution in [0.15, 0.2) is 31.8 Å². The third kappa shape index (κ3) is 38.2. The number of carboxylic acid groups (broad SMARTS) is 2. The average Bonchev–Trinajstić information content (AvgIpc) is 1.64. The van der Waals surface area contributed by atoms with Gasteiger partial charge in [-0.1, -0.05) is 91.6 Å². The van der Waals surface area contributed by atoms with E-state index in [4.69, 9.17) is 47.5 Å². The predicted octanol–water partition coefficient (Wildman–Crippen LogP) is 4.70. The molecule has 0 aromatic carbocycles. The molecule has 34 nitrogen and oxygen atoms in total. The molecule has 3 aromatic heterocycles. The van der Waals surface area contributed by atoms with Gasteiger partial charge in [0.15, 0.2) is 40.2 Å². The van der Waals surface area contributed by atoms with Crippen molar-refractivity contribution in [2.45, 2.75) is 166 Å². The number of carbonyl (C=O) groups excluding carboxylic acids is 12. The standard InChI is InChI=1S/C22H33N3O7.C14H20N2O6.C13H18N2O6.C10H18O4.C5H10O2.C4H8O2/c1-12(2)7-15(19(27)22(5)11-31-22)23-20(28)13(3)8-18(26)17(10-30-6)24-21(29)16-9-14(4)32-25-16;1-8(14(19)21-4)5-12(17)11(7-20-3)15-13(18)10-6-9(2)22-16-10;1-7(13(18)19)4-11(16)10(6-20-3)14-12(17)9-5-8(2)21-15-9;1-7(10(12)14-4)5-9(11)8(2)6-13-3;1-4(2)5(6)7-3;1-3(2)4(5)6/h9,12-13,15,17H,7-8,10-11H2,1-6H3,(H,23,28)(H,24,29);6,8,11H,5,7H2,1-4H3,(H,15,18);5,7,10H,4,6H2,1-3H3,(H,14,17)(H,18,19);7-8H,5-6H2,1-4H3;4H,1-3H3;3H,1-2H3,(H,5,6)/t13-,15+,17+,22-;8-,11+;7-,10+;7-,8+;;/m1111../s1. The summed E-state index contributed by atoms with van der Waals surface area (Å²) in [6.07, 6.45) is 0.315. The van der Waals surface area contributed by atoms with Crippen molar-refractivity contribution in [3.05, 3.63) is 52.6 Å². The summed E-state index contributed by atoms with van der Waals surface area (Å²) in [4.78, 5) is 163. The van der Waals surface area contributed by atoms with Crippen LogP contribution >= 0.6 is 0 Å². The fourth-order valence-corrected chi connectivity index (χ4v) is 8.06. The van der Waals surface area contributed by atoms with Crippen molar-refractivity contribution in [1.82, 2.24) is 36.7 Å². The summed E-state index contributed by atoms with van der Waals surface area (Å²) in [6.45, 7) is 26.1. The van der Waals surface area contributed by atoms with Gasteiger partial charge in [-0.05, 0) is 40.0 Å². The molecular weight excluding hydrogens is 1350 g/mol. The van der Waals surface area contributed by atoms with Crippen LogP contribution in [0.4, 0.5) is 0 Å². The van der Waals surface area contributed by atoms with Crippen molar-refractivity contribution in [2.75, 3.05) is 82.8 Å². The van der Waals surface area contributed by atoms with Crippen molar-refractivity contribution < 1.29 is 129 Å². The Morgan fingerprint density at radius 1 is 0.431 bits per heavy atom. The number of aromatic nitrogens is 3. The molecule has 10 atom stereocenters. The number of carboxylic acids is 2. The number of aryl methyl sites for hydroxylation is 3. The first-order valence-electron chi connectivity index (χ1n) is 32.5. The van der Waals surface area contributed by atoms with Gasteiger partial charge in [0.05, 0.1) is 90.0 Å². The van der Waals surface area contributed by atoms with Gasteiger partial charge in [-0.15, -0.1) is 0 Å². The number of hydrogen-bond acceptors (Lipinski definition) is 28. The van der Waals surface area contributed by atoms with Crippen LogP contribution in [0.1, 0.15) is 164 Å². The van der Waals surface area contributed by atoms with Crippen molar-refractivity contribution in [1.29, 1.82) is 0 Å². The van der Waals surface area contributed by atoms with E-state index < -0.39 is 94.8 Å². The molecule has 34 heteroatoms. The lowest BCUT2D eigenvalue weighted by molar-refractivity contribution is -0.147. The van der Waals surface area contributed by atoms with Crippen LogP contribution in [0.5, 0.6) is 0 Å². The SMILES string of the molecule is CC(C)C(=O)O.COC(=O)C(C)C.COC[C@H](C)C(=O)C[C@@H](C)C(=O)OC.COC[C@H](NC(=O)c1cc(C)on1)C(=O)C[C@@H](C)C(=O)N[C@@H](CC(C)C)C(=O)[C@@]1(C)CO1.COC[C@H](NC(=O)c1cc(C)on1)C(=O)C[C@@H](C)C(=O)O.COC[C@H](NC(=O)c1cc(C)on1)C(=O)C[C@@H](C)C(=O)OC. The lowest BCUT2D eigenvalue weighted by atomic mass is 9.92. The van der Waals surface area contributed by atoms with E-state index in [-0.39, 0.29) is 127 Å². The van der Waals surface area contributed by atoms with Gasteiger partial charge in [0.25, 0.3) is 17.7 Å². The van der Waals surface area contributed by atoms with E-state index in [2.05, 4.69) is 50.9 Å². The normalized spacial score (nSPS) is 15.2. The third-order valence-electron chi connectivity index (χ3n) is 14.3. The zero-order valence-electron chi connectivity index (χ0n) is 62.7. The summed E-state index contributed by atoms with van der Waals surface area (Å²) < 4.78 is 52.9. The highest BCUT2D eigenvalue weighted by Gasteiger charge is 2.50. The number of nitrogens with one attached hydrogen (secondary N) is 4. The van der Waals surface area contributed by atoms with Gasteiger partial charge in [0.1, 0.15) is 46.8 Å². The fourth-order valence-electron chi connectivity index (χ4n) is 8.06. The molecular formula is C68H107N7O27. The van der Waals surface area contributed by atoms with Crippen LogP contribution in [0.2, 0.25) is 0 Å². The summed E-state index contributed by atoms with van der Waals surface area (Å²) in [5, 5.41) is 37.9. The Labute approximate surface area is 594 Å². The molecule has 4 heterocycles. The van der Waals surface area contributed by atoms with E-state index in [1.165, 1.54) is 67.8 Å². The molecule has 1 saturated heterocycles. The number of ketones is 5.